The molecule has 0 spiro atoms. The lowest BCUT2D eigenvalue weighted by atomic mass is 9.96. The maximum Gasteiger partial charge on any atom is 0.358 e. The first-order chi connectivity index (χ1) is 13.1. The molecule has 3 rings (SSSR count). The minimum atomic E-state index is -1.06. The molecule has 0 atom stereocenters. The molecule has 1 amide bonds. The Balaban J connectivity index is 1.38. The fraction of sp³-hybridized carbons (Fsp3) is 0.474. The average molecular weight is 388 g/mol. The van der Waals surface area contributed by atoms with E-state index in [2.05, 4.69) is 26.7 Å². The number of aromatic carboxylic acids is 1. The van der Waals surface area contributed by atoms with Gasteiger partial charge in [-0.15, -0.1) is 11.3 Å². The second-order valence-electron chi connectivity index (χ2n) is 6.70. The minimum absolute atomic E-state index is 0.00464. The van der Waals surface area contributed by atoms with E-state index in [1.807, 2.05) is 11.0 Å². The summed E-state index contributed by atoms with van der Waals surface area (Å²) in [5.74, 6) is -0.111. The number of anilines is 1. The van der Waals surface area contributed by atoms with Crippen molar-refractivity contribution in [3.63, 3.8) is 0 Å². The molecular formula is C19H24N4O3S. The van der Waals surface area contributed by atoms with Gasteiger partial charge in [-0.2, -0.15) is 0 Å². The number of carboxylic acid groups (broad SMARTS) is 1. The number of rotatable bonds is 8. The molecule has 0 aliphatic carbocycles. The Kier molecular flexibility index (Phi) is 6.75. The van der Waals surface area contributed by atoms with Crippen molar-refractivity contribution in [3.05, 3.63) is 40.5 Å². The minimum Gasteiger partial charge on any atom is -0.476 e. The van der Waals surface area contributed by atoms with Gasteiger partial charge < -0.3 is 15.3 Å². The van der Waals surface area contributed by atoms with Crippen molar-refractivity contribution in [1.29, 1.82) is 0 Å². The van der Waals surface area contributed by atoms with E-state index in [0.29, 0.717) is 24.7 Å². The Morgan fingerprint density at radius 2 is 2.04 bits per heavy atom. The van der Waals surface area contributed by atoms with E-state index in [9.17, 15) is 14.7 Å². The average Bonchev–Trinajstić information content (AvgIpc) is 3.20. The first-order valence-electron chi connectivity index (χ1n) is 9.22. The molecule has 2 aromatic heterocycles. The van der Waals surface area contributed by atoms with Crippen LogP contribution in [0.15, 0.2) is 29.9 Å². The summed E-state index contributed by atoms with van der Waals surface area (Å²) in [4.78, 5) is 34.7. The number of hydrogen-bond acceptors (Lipinski definition) is 6. The normalized spacial score (nSPS) is 14.9. The predicted octanol–water partition coefficient (Wildman–Crippen LogP) is 2.59. The number of amides is 1. The summed E-state index contributed by atoms with van der Waals surface area (Å²) < 4.78 is 0. The summed E-state index contributed by atoms with van der Waals surface area (Å²) in [5.41, 5.74) is -0.00464. The van der Waals surface area contributed by atoms with Crippen LogP contribution in [0, 0.1) is 5.92 Å². The highest BCUT2D eigenvalue weighted by molar-refractivity contribution is 7.09. The molecule has 1 saturated heterocycles. The Bertz CT molecular complexity index is 758. The van der Waals surface area contributed by atoms with Gasteiger partial charge in [-0.3, -0.25) is 4.79 Å². The van der Waals surface area contributed by atoms with Gasteiger partial charge in [0, 0.05) is 43.3 Å². The van der Waals surface area contributed by atoms with Crippen molar-refractivity contribution in [2.45, 2.75) is 32.1 Å². The molecule has 0 bridgehead atoms. The van der Waals surface area contributed by atoms with E-state index in [1.54, 1.807) is 11.3 Å². The summed E-state index contributed by atoms with van der Waals surface area (Å²) in [6.07, 6.45) is 7.08. The lowest BCUT2D eigenvalue weighted by Crippen LogP contribution is -2.39. The zero-order valence-electron chi connectivity index (χ0n) is 15.1. The van der Waals surface area contributed by atoms with Crippen LogP contribution in [-0.2, 0) is 11.2 Å². The van der Waals surface area contributed by atoms with Gasteiger partial charge in [0.1, 0.15) is 0 Å². The maximum absolute atomic E-state index is 12.0. The van der Waals surface area contributed by atoms with Crippen molar-refractivity contribution in [3.8, 4) is 0 Å². The van der Waals surface area contributed by atoms with Gasteiger partial charge in [0.2, 0.25) is 5.91 Å². The Morgan fingerprint density at radius 3 is 2.74 bits per heavy atom. The second kappa shape index (κ2) is 9.45. The largest absolute Gasteiger partial charge is 0.476 e. The molecular weight excluding hydrogens is 364 g/mol. The van der Waals surface area contributed by atoms with E-state index in [0.717, 1.165) is 38.8 Å². The van der Waals surface area contributed by atoms with Gasteiger partial charge in [0.25, 0.3) is 0 Å². The number of carbonyl (C=O) groups excluding carboxylic acids is 1. The number of nitrogens with one attached hydrogen (secondary N) is 1. The highest BCUT2D eigenvalue weighted by Crippen LogP contribution is 2.23. The molecule has 1 aliphatic rings. The van der Waals surface area contributed by atoms with Crippen LogP contribution in [0.25, 0.3) is 0 Å². The number of nitrogens with zero attached hydrogens (tertiary/aromatic N) is 3. The van der Waals surface area contributed by atoms with Gasteiger partial charge in [-0.05, 0) is 43.0 Å². The first-order valence-corrected chi connectivity index (χ1v) is 10.1. The lowest BCUT2D eigenvalue weighted by Gasteiger charge is -2.33. The first kappa shape index (κ1) is 19.3. The summed E-state index contributed by atoms with van der Waals surface area (Å²) in [6, 6.07) is 4.14. The molecule has 0 unspecified atom stereocenters. The van der Waals surface area contributed by atoms with Crippen LogP contribution in [0.4, 0.5) is 5.82 Å². The molecule has 2 aromatic rings. The van der Waals surface area contributed by atoms with Crippen molar-refractivity contribution < 1.29 is 14.7 Å². The highest BCUT2D eigenvalue weighted by atomic mass is 32.1. The van der Waals surface area contributed by atoms with E-state index in [4.69, 9.17) is 0 Å². The van der Waals surface area contributed by atoms with Crippen molar-refractivity contribution in [1.82, 2.24) is 15.3 Å². The maximum atomic E-state index is 12.0. The van der Waals surface area contributed by atoms with Crippen molar-refractivity contribution >= 4 is 29.0 Å². The van der Waals surface area contributed by atoms with Gasteiger partial charge >= 0.3 is 5.97 Å². The molecule has 27 heavy (non-hydrogen) atoms. The van der Waals surface area contributed by atoms with Crippen molar-refractivity contribution in [2.24, 2.45) is 5.92 Å². The van der Waals surface area contributed by atoms with Crippen LogP contribution in [0.5, 0.6) is 0 Å². The third kappa shape index (κ3) is 5.50. The molecule has 0 saturated carbocycles. The van der Waals surface area contributed by atoms with E-state index < -0.39 is 5.97 Å². The van der Waals surface area contributed by atoms with Gasteiger partial charge in [0.05, 0.1) is 0 Å². The number of carboxylic acids is 1. The second-order valence-corrected chi connectivity index (χ2v) is 7.73. The molecule has 8 heteroatoms. The van der Waals surface area contributed by atoms with Gasteiger partial charge in [0.15, 0.2) is 11.5 Å². The molecule has 0 aromatic carbocycles. The van der Waals surface area contributed by atoms with E-state index in [-0.39, 0.29) is 11.6 Å². The topological polar surface area (TPSA) is 95.4 Å². The van der Waals surface area contributed by atoms with Crippen LogP contribution in [-0.4, -0.2) is 46.6 Å². The van der Waals surface area contributed by atoms with Crippen LogP contribution in [0.3, 0.4) is 0 Å². The highest BCUT2D eigenvalue weighted by Gasteiger charge is 2.24. The molecule has 144 valence electrons. The molecule has 0 radical (unpaired) electrons. The van der Waals surface area contributed by atoms with Crippen LogP contribution in [0.2, 0.25) is 0 Å². The Morgan fingerprint density at radius 1 is 1.26 bits per heavy atom. The smallest absolute Gasteiger partial charge is 0.358 e. The number of piperidine rings is 1. The summed E-state index contributed by atoms with van der Waals surface area (Å²) in [5, 5.41) is 14.3. The summed E-state index contributed by atoms with van der Waals surface area (Å²) in [7, 11) is 0. The van der Waals surface area contributed by atoms with E-state index >= 15 is 0 Å². The quantitative estimate of drug-likeness (QED) is 0.722. The SMILES string of the molecule is O=C(CCCc1cccs1)NCC1CCN(c2nccnc2C(=O)O)CC1. The number of carbonyl (C=O) groups is 2. The predicted molar refractivity (Wildman–Crippen MR) is 104 cm³/mol. The molecule has 1 fully saturated rings. The molecule has 7 nitrogen and oxygen atoms in total. The number of hydrogen-bond donors (Lipinski definition) is 2. The summed E-state index contributed by atoms with van der Waals surface area (Å²) in [6.45, 7) is 2.12. The zero-order valence-corrected chi connectivity index (χ0v) is 16.0. The number of aryl methyl sites for hydroxylation is 1. The lowest BCUT2D eigenvalue weighted by molar-refractivity contribution is -0.121. The standard InChI is InChI=1S/C19H24N4O3S/c24-16(5-1-3-15-4-2-12-27-15)22-13-14-6-10-23(11-7-14)18-17(19(25)26)20-8-9-21-18/h2,4,8-9,12,14H,1,3,5-7,10-11,13H2,(H,22,24)(H,25,26). The Labute approximate surface area is 162 Å². The third-order valence-corrected chi connectivity index (χ3v) is 5.73. The molecule has 1 aliphatic heterocycles. The van der Waals surface area contributed by atoms with Crippen LogP contribution >= 0.6 is 11.3 Å². The van der Waals surface area contributed by atoms with E-state index in [1.165, 1.54) is 17.3 Å². The Hall–Kier alpha value is -2.48. The van der Waals surface area contributed by atoms with Crippen LogP contribution < -0.4 is 10.2 Å². The zero-order chi connectivity index (χ0) is 19.1. The van der Waals surface area contributed by atoms with Gasteiger partial charge in [-0.1, -0.05) is 6.07 Å². The molecule has 3 heterocycles. The monoisotopic (exact) mass is 388 g/mol. The fourth-order valence-corrected chi connectivity index (χ4v) is 4.04. The number of thiophene rings is 1. The van der Waals surface area contributed by atoms with Crippen LogP contribution in [0.1, 0.15) is 41.0 Å². The summed E-state index contributed by atoms with van der Waals surface area (Å²) >= 11 is 1.73. The fourth-order valence-electron chi connectivity index (χ4n) is 3.29. The third-order valence-electron chi connectivity index (χ3n) is 4.79. The number of aromatic nitrogens is 2. The van der Waals surface area contributed by atoms with Crippen molar-refractivity contribution in [2.75, 3.05) is 24.5 Å². The van der Waals surface area contributed by atoms with Gasteiger partial charge in [-0.25, -0.2) is 14.8 Å². The molecule has 2 N–H and O–H groups in total.